The summed E-state index contributed by atoms with van der Waals surface area (Å²) < 4.78 is 27.2. The third kappa shape index (κ3) is 4.70. The number of fused-ring (bicyclic) bond motifs is 1. The van der Waals surface area contributed by atoms with E-state index in [2.05, 4.69) is 5.32 Å². The SMILES string of the molecule is CC.Cc1cc2c(cc(C(=O)NC3(c4ccc(C5(C(=O)O)CCOCC5)cc4)CCOC3)n2C)c(Cl)c1F. The molecule has 5 rings (SSSR count). The standard InChI is InChI=1S/C27H28ClFN2O5.C2H6/c1-16-13-20-19(22(28)23(16)29)14-21(31(20)2)24(32)30-27(9-12-36-15-27)18-5-3-17(4-6-18)26(25(33)34)7-10-35-11-8-26;1-2/h3-6,13-14H,7-12,15H2,1-2H3,(H,30,32)(H,33,34);1-2H3. The Morgan fingerprint density at radius 2 is 1.63 bits per heavy atom. The van der Waals surface area contributed by atoms with Crippen molar-refractivity contribution in [3.63, 3.8) is 0 Å². The molecule has 2 saturated heterocycles. The van der Waals surface area contributed by atoms with Crippen LogP contribution >= 0.6 is 11.6 Å². The van der Waals surface area contributed by atoms with Crippen molar-refractivity contribution in [3.8, 4) is 0 Å². The van der Waals surface area contributed by atoms with E-state index < -0.39 is 22.7 Å². The van der Waals surface area contributed by atoms with Crippen LogP contribution in [0.5, 0.6) is 0 Å². The van der Waals surface area contributed by atoms with Crippen LogP contribution in [0.4, 0.5) is 4.39 Å². The number of hydrogen-bond acceptors (Lipinski definition) is 4. The van der Waals surface area contributed by atoms with E-state index in [0.717, 1.165) is 11.1 Å². The number of halogens is 2. The van der Waals surface area contributed by atoms with Gasteiger partial charge in [0.15, 0.2) is 0 Å². The number of amides is 1. The van der Waals surface area contributed by atoms with E-state index in [0.29, 0.717) is 61.2 Å². The van der Waals surface area contributed by atoms with Gasteiger partial charge in [-0.1, -0.05) is 49.7 Å². The number of carbonyl (C=O) groups excluding carboxylic acids is 1. The van der Waals surface area contributed by atoms with Crippen LogP contribution in [-0.4, -0.2) is 48.0 Å². The lowest BCUT2D eigenvalue weighted by Crippen LogP contribution is -2.47. The van der Waals surface area contributed by atoms with Crippen LogP contribution in [0.1, 0.15) is 60.3 Å². The highest BCUT2D eigenvalue weighted by Gasteiger charge is 2.43. The van der Waals surface area contributed by atoms with Crippen LogP contribution in [-0.2, 0) is 32.3 Å². The number of carboxylic acid groups (broad SMARTS) is 1. The van der Waals surface area contributed by atoms with Gasteiger partial charge in [0, 0.05) is 38.7 Å². The molecule has 7 nitrogen and oxygen atoms in total. The van der Waals surface area contributed by atoms with Gasteiger partial charge in [0.1, 0.15) is 11.5 Å². The first-order valence-corrected chi connectivity index (χ1v) is 13.3. The van der Waals surface area contributed by atoms with E-state index in [4.69, 9.17) is 21.1 Å². The van der Waals surface area contributed by atoms with E-state index in [9.17, 15) is 19.1 Å². The van der Waals surface area contributed by atoms with Gasteiger partial charge >= 0.3 is 5.97 Å². The summed E-state index contributed by atoms with van der Waals surface area (Å²) in [6.07, 6.45) is 1.39. The van der Waals surface area contributed by atoms with Crippen LogP contribution in [0.15, 0.2) is 36.4 Å². The first-order valence-electron chi connectivity index (χ1n) is 12.9. The molecule has 2 aliphatic rings. The highest BCUT2D eigenvalue weighted by atomic mass is 35.5. The Kier molecular flexibility index (Phi) is 8.16. The summed E-state index contributed by atoms with van der Waals surface area (Å²) in [5.74, 6) is -1.68. The number of ether oxygens (including phenoxy) is 2. The monoisotopic (exact) mass is 544 g/mol. The number of rotatable bonds is 5. The van der Waals surface area contributed by atoms with Crippen molar-refractivity contribution in [3.05, 3.63) is 69.6 Å². The number of nitrogens with one attached hydrogen (secondary N) is 1. The Balaban J connectivity index is 0.00000164. The van der Waals surface area contributed by atoms with E-state index >= 15 is 0 Å². The first kappa shape index (κ1) is 28.1. The molecule has 0 saturated carbocycles. The molecule has 1 unspecified atom stereocenters. The fourth-order valence-electron chi connectivity index (χ4n) is 5.44. The van der Waals surface area contributed by atoms with Gasteiger partial charge in [-0.05, 0) is 48.6 Å². The van der Waals surface area contributed by atoms with E-state index in [1.807, 2.05) is 38.1 Å². The summed E-state index contributed by atoms with van der Waals surface area (Å²) in [5.41, 5.74) is 1.24. The largest absolute Gasteiger partial charge is 0.481 e. The Labute approximate surface area is 226 Å². The maximum atomic E-state index is 14.4. The second-order valence-corrected chi connectivity index (χ2v) is 10.1. The molecule has 0 aliphatic carbocycles. The normalized spacial score (nSPS) is 20.6. The van der Waals surface area contributed by atoms with Gasteiger partial charge in [-0.15, -0.1) is 0 Å². The van der Waals surface area contributed by atoms with Crippen LogP contribution in [0.25, 0.3) is 10.9 Å². The highest BCUT2D eigenvalue weighted by molar-refractivity contribution is 6.36. The summed E-state index contributed by atoms with van der Waals surface area (Å²) in [6.45, 7) is 7.20. The van der Waals surface area contributed by atoms with Crippen molar-refractivity contribution in [1.29, 1.82) is 0 Å². The van der Waals surface area contributed by atoms with Gasteiger partial charge in [0.2, 0.25) is 0 Å². The van der Waals surface area contributed by atoms with Crippen molar-refractivity contribution in [1.82, 2.24) is 9.88 Å². The zero-order chi connectivity index (χ0) is 27.7. The predicted molar refractivity (Wildman–Crippen MR) is 144 cm³/mol. The number of carboxylic acids is 1. The number of aryl methyl sites for hydroxylation is 2. The quantitative estimate of drug-likeness (QED) is 0.444. The minimum atomic E-state index is -0.977. The minimum absolute atomic E-state index is 0.00498. The van der Waals surface area contributed by atoms with Crippen LogP contribution in [0.3, 0.4) is 0 Å². The average Bonchev–Trinajstić information content (AvgIpc) is 3.54. The summed E-state index contributed by atoms with van der Waals surface area (Å²) in [4.78, 5) is 25.7. The molecule has 1 atom stereocenters. The van der Waals surface area contributed by atoms with Gasteiger partial charge in [-0.25, -0.2) is 4.39 Å². The number of benzene rings is 2. The topological polar surface area (TPSA) is 89.8 Å². The molecule has 38 heavy (non-hydrogen) atoms. The second-order valence-electron chi connectivity index (χ2n) is 9.76. The summed E-state index contributed by atoms with van der Waals surface area (Å²) in [6, 6.07) is 10.7. The Morgan fingerprint density at radius 3 is 2.21 bits per heavy atom. The molecule has 3 aromatic rings. The van der Waals surface area contributed by atoms with Gasteiger partial charge in [0.05, 0.1) is 28.1 Å². The molecule has 0 spiro atoms. The molecule has 3 heterocycles. The zero-order valence-corrected chi connectivity index (χ0v) is 23.0. The molecule has 204 valence electrons. The molecule has 2 fully saturated rings. The summed E-state index contributed by atoms with van der Waals surface area (Å²) >= 11 is 6.24. The fraction of sp³-hybridized carbons (Fsp3) is 0.448. The third-order valence-corrected chi connectivity index (χ3v) is 8.13. The van der Waals surface area contributed by atoms with Gasteiger partial charge < -0.3 is 24.5 Å². The van der Waals surface area contributed by atoms with Gasteiger partial charge in [-0.2, -0.15) is 0 Å². The van der Waals surface area contributed by atoms with Crippen molar-refractivity contribution in [2.45, 2.75) is 51.0 Å². The van der Waals surface area contributed by atoms with Crippen LogP contribution in [0, 0.1) is 12.7 Å². The summed E-state index contributed by atoms with van der Waals surface area (Å²) in [7, 11) is 1.75. The molecule has 0 bridgehead atoms. The molecular weight excluding hydrogens is 511 g/mol. The zero-order valence-electron chi connectivity index (χ0n) is 22.2. The van der Waals surface area contributed by atoms with Gasteiger partial charge in [0.25, 0.3) is 5.91 Å². The Morgan fingerprint density at radius 1 is 1.03 bits per heavy atom. The number of aromatic nitrogens is 1. The lowest BCUT2D eigenvalue weighted by molar-refractivity contribution is -0.147. The van der Waals surface area contributed by atoms with Crippen molar-refractivity contribution >= 4 is 34.4 Å². The molecule has 2 aliphatic heterocycles. The van der Waals surface area contributed by atoms with Crippen molar-refractivity contribution < 1.29 is 28.6 Å². The van der Waals surface area contributed by atoms with E-state index in [1.54, 1.807) is 30.7 Å². The summed E-state index contributed by atoms with van der Waals surface area (Å²) in [5, 5.41) is 13.6. The molecule has 1 amide bonds. The van der Waals surface area contributed by atoms with E-state index in [-0.39, 0.29) is 17.5 Å². The molecule has 2 aromatic carbocycles. The number of hydrogen-bond donors (Lipinski definition) is 2. The molecule has 0 radical (unpaired) electrons. The lowest BCUT2D eigenvalue weighted by Gasteiger charge is -2.34. The highest BCUT2D eigenvalue weighted by Crippen LogP contribution is 2.38. The molecule has 2 N–H and O–H groups in total. The molecule has 1 aromatic heterocycles. The van der Waals surface area contributed by atoms with Crippen molar-refractivity contribution in [2.75, 3.05) is 26.4 Å². The lowest BCUT2D eigenvalue weighted by atomic mass is 9.73. The molecule has 9 heteroatoms. The average molecular weight is 545 g/mol. The van der Waals surface area contributed by atoms with Crippen molar-refractivity contribution in [2.24, 2.45) is 7.05 Å². The number of carbonyl (C=O) groups is 2. The molecular formula is C29H34ClFN2O5. The third-order valence-electron chi connectivity index (χ3n) is 7.76. The predicted octanol–water partition coefficient (Wildman–Crippen LogP) is 5.48. The van der Waals surface area contributed by atoms with Crippen LogP contribution in [0.2, 0.25) is 5.02 Å². The second kappa shape index (κ2) is 11.0. The first-order chi connectivity index (χ1) is 18.2. The maximum Gasteiger partial charge on any atom is 0.314 e. The number of aliphatic carboxylic acids is 1. The Bertz CT molecular complexity index is 1340. The minimum Gasteiger partial charge on any atom is -0.481 e. The Hall–Kier alpha value is -2.94. The van der Waals surface area contributed by atoms with Crippen LogP contribution < -0.4 is 5.32 Å². The van der Waals surface area contributed by atoms with E-state index in [1.165, 1.54) is 0 Å². The maximum absolute atomic E-state index is 14.4. The van der Waals surface area contributed by atoms with Gasteiger partial charge in [-0.3, -0.25) is 9.59 Å². The fourth-order valence-corrected chi connectivity index (χ4v) is 5.75. The number of nitrogens with zero attached hydrogens (tertiary/aromatic N) is 1. The smallest absolute Gasteiger partial charge is 0.314 e.